The molecule has 4 aromatic rings. The van der Waals surface area contributed by atoms with Crippen molar-refractivity contribution in [3.63, 3.8) is 0 Å². The van der Waals surface area contributed by atoms with Crippen molar-refractivity contribution in [3.8, 4) is 11.1 Å². The highest BCUT2D eigenvalue weighted by Gasteiger charge is 2.41. The molecule has 69 heavy (non-hydrogen) atoms. The van der Waals surface area contributed by atoms with Gasteiger partial charge in [-0.2, -0.15) is 4.98 Å². The molecule has 0 bridgehead atoms. The van der Waals surface area contributed by atoms with Crippen LogP contribution in [0.25, 0.3) is 22.2 Å². The number of hydrogen-bond donors (Lipinski definition) is 3. The monoisotopic (exact) mass is 961 g/mol. The van der Waals surface area contributed by atoms with E-state index in [-0.39, 0.29) is 23.8 Å². The number of nitrogens with one attached hydrogen (secondary N) is 3. The van der Waals surface area contributed by atoms with E-state index >= 15 is 0 Å². The van der Waals surface area contributed by atoms with Crippen LogP contribution in [-0.4, -0.2) is 130 Å². The van der Waals surface area contributed by atoms with Crippen LogP contribution in [0.15, 0.2) is 90.9 Å². The Labute approximate surface area is 412 Å². The maximum absolute atomic E-state index is 13.9. The number of anilines is 2. The molecule has 3 saturated heterocycles. The van der Waals surface area contributed by atoms with E-state index in [1.807, 2.05) is 13.1 Å². The van der Waals surface area contributed by atoms with Gasteiger partial charge in [-0.25, -0.2) is 9.37 Å². The molecule has 9 rings (SSSR count). The van der Waals surface area contributed by atoms with Crippen LogP contribution >= 0.6 is 11.6 Å². The largest absolute Gasteiger partial charge is 0.331 e. The summed E-state index contributed by atoms with van der Waals surface area (Å²) in [5.74, 6) is 0.106. The number of halogens is 2. The van der Waals surface area contributed by atoms with Crippen molar-refractivity contribution in [2.45, 2.75) is 102 Å². The Balaban J connectivity index is 0.000000190. The quantitative estimate of drug-likeness (QED) is 0.0741. The number of amides is 2. The van der Waals surface area contributed by atoms with Gasteiger partial charge in [0, 0.05) is 110 Å². The molecule has 3 atom stereocenters. The summed E-state index contributed by atoms with van der Waals surface area (Å²) in [4.78, 5) is 54.8. The lowest BCUT2D eigenvalue weighted by Gasteiger charge is -2.34. The number of likely N-dealkylation sites (N-methyl/N-ethyl adjacent to an activating group) is 1. The summed E-state index contributed by atoms with van der Waals surface area (Å²) >= 11 is 6.05. The van der Waals surface area contributed by atoms with Gasteiger partial charge in [0.15, 0.2) is 0 Å². The van der Waals surface area contributed by atoms with Gasteiger partial charge in [-0.1, -0.05) is 87.2 Å². The molecule has 15 heteroatoms. The first-order valence-corrected chi connectivity index (χ1v) is 25.6. The minimum Gasteiger partial charge on any atom is -0.331 e. The number of rotatable bonds is 16. The van der Waals surface area contributed by atoms with Gasteiger partial charge in [-0.3, -0.25) is 14.5 Å². The first-order chi connectivity index (χ1) is 33.6. The lowest BCUT2D eigenvalue weighted by atomic mass is 9.85. The number of nitrogens with zero attached hydrogens (tertiary/aromatic N) is 7. The molecule has 5 heterocycles. The molecule has 13 nitrogen and oxygen atoms in total. The van der Waals surface area contributed by atoms with E-state index in [4.69, 9.17) is 16.6 Å². The Morgan fingerprint density at radius 3 is 2.54 bits per heavy atom. The Morgan fingerprint density at radius 1 is 1.00 bits per heavy atom. The third-order valence-corrected chi connectivity index (χ3v) is 14.7. The number of hydrogen-bond acceptors (Lipinski definition) is 10. The smallest absolute Gasteiger partial charge is 0.254 e. The standard InChI is InChI=1S/C30H34ClFN6.C24H36N4O3/c1-36-11-13-37(14-12-36)19-21-7-9-22(10-8-21)28-20-38(26-5-3-2-4-6-26)29-27(28)18-33-30(35-29)34-25-16-23(31)15-24(32)17-25;1-3-8-22(23(30)25-4-2)28-17-19-16-21-18(15-20(19)24(28)31)9-12-27(13-10-26-21)11-6-5-7-14-29/h7-10,15-18,20,26H,2-6,11-14,19H2,1H3,(H,33,34,35);4,14-16,18,21-22,26H,2-3,5-13,17H2,1H3,(H,25,30). The minimum absolute atomic E-state index is 0.0323. The highest BCUT2D eigenvalue weighted by Crippen LogP contribution is 2.38. The number of aromatic nitrogens is 3. The van der Waals surface area contributed by atoms with E-state index in [1.54, 1.807) is 11.0 Å². The van der Waals surface area contributed by atoms with Crippen LogP contribution in [0.4, 0.5) is 16.0 Å². The molecule has 2 aromatic carbocycles. The number of likely N-dealkylation sites (tertiary alicyclic amines) is 1. The van der Waals surface area contributed by atoms with Gasteiger partial charge < -0.3 is 40.0 Å². The molecular weight excluding hydrogens is 891 g/mol. The van der Waals surface area contributed by atoms with Crippen LogP contribution in [-0.2, 0) is 20.9 Å². The van der Waals surface area contributed by atoms with Gasteiger partial charge in [0.2, 0.25) is 11.9 Å². The molecular formula is C54H70ClFN10O3. The number of aldehydes is 1. The predicted molar refractivity (Wildman–Crippen MR) is 274 cm³/mol. The molecule has 5 aliphatic rings. The van der Waals surface area contributed by atoms with Crippen molar-refractivity contribution in [1.29, 1.82) is 0 Å². The Morgan fingerprint density at radius 2 is 1.80 bits per heavy atom. The van der Waals surface area contributed by atoms with Gasteiger partial charge in [0.05, 0.1) is 0 Å². The fourth-order valence-corrected chi connectivity index (χ4v) is 10.8. The maximum atomic E-state index is 13.9. The topological polar surface area (TPSA) is 131 Å². The number of carbonyl (C=O) groups is 3. The number of benzene rings is 2. The fourth-order valence-electron chi connectivity index (χ4n) is 10.6. The molecule has 3 unspecified atom stereocenters. The lowest BCUT2D eigenvalue weighted by Crippen LogP contribution is -2.46. The SMILES string of the molecule is C=CNC(=O)C(CCC)N1CC2=CC3NCCN(CCCCC=O)CCC3C=C2C1=O.CN1CCN(Cc2ccc(-c3cn(C4CCCCC4)c4nc(Nc5cc(F)cc(Cl)c5)ncc34)cc2)CC1. The first kappa shape index (κ1) is 50.1. The molecule has 0 radical (unpaired) electrons. The van der Waals surface area contributed by atoms with E-state index in [2.05, 4.69) is 96.4 Å². The average molecular weight is 962 g/mol. The van der Waals surface area contributed by atoms with Crippen LogP contribution < -0.4 is 16.0 Å². The molecule has 3 aliphatic heterocycles. The van der Waals surface area contributed by atoms with Crippen molar-refractivity contribution < 1.29 is 18.8 Å². The highest BCUT2D eigenvalue weighted by molar-refractivity contribution is 6.30. The summed E-state index contributed by atoms with van der Waals surface area (Å²) in [6.45, 7) is 15.5. The zero-order valence-electron chi connectivity index (χ0n) is 40.5. The van der Waals surface area contributed by atoms with E-state index in [0.717, 1.165) is 131 Å². The van der Waals surface area contributed by atoms with Crippen molar-refractivity contribution in [3.05, 3.63) is 107 Å². The summed E-state index contributed by atoms with van der Waals surface area (Å²) in [7, 11) is 2.19. The van der Waals surface area contributed by atoms with E-state index in [1.165, 1.54) is 48.7 Å². The van der Waals surface area contributed by atoms with Crippen molar-refractivity contribution in [2.24, 2.45) is 5.92 Å². The average Bonchev–Trinajstić information content (AvgIpc) is 3.87. The summed E-state index contributed by atoms with van der Waals surface area (Å²) in [5, 5.41) is 10.8. The predicted octanol–water partition coefficient (Wildman–Crippen LogP) is 8.66. The lowest BCUT2D eigenvalue weighted by molar-refractivity contribution is -0.135. The normalized spacial score (nSPS) is 20.9. The fraction of sp³-hybridized carbons (Fsp3) is 0.500. The molecule has 2 aromatic heterocycles. The Kier molecular flexibility index (Phi) is 17.5. The Hall–Kier alpha value is -5.25. The van der Waals surface area contributed by atoms with Gasteiger partial charge >= 0.3 is 0 Å². The zero-order chi connectivity index (χ0) is 48.3. The van der Waals surface area contributed by atoms with Crippen LogP contribution in [0.2, 0.25) is 5.02 Å². The maximum Gasteiger partial charge on any atom is 0.254 e. The third kappa shape index (κ3) is 12.8. The summed E-state index contributed by atoms with van der Waals surface area (Å²) in [5.41, 5.74) is 6.91. The van der Waals surface area contributed by atoms with Gasteiger partial charge in [0.25, 0.3) is 5.91 Å². The number of carbonyl (C=O) groups excluding carboxylic acids is 3. The number of unbranched alkanes of at least 4 members (excludes halogenated alkanes) is 2. The van der Waals surface area contributed by atoms with Gasteiger partial charge in [0.1, 0.15) is 23.8 Å². The van der Waals surface area contributed by atoms with Gasteiger partial charge in [-0.15, -0.1) is 0 Å². The molecule has 1 saturated carbocycles. The second-order valence-corrected chi connectivity index (χ2v) is 19.8. The molecule has 2 aliphatic carbocycles. The van der Waals surface area contributed by atoms with Crippen molar-refractivity contribution in [1.82, 2.24) is 44.8 Å². The molecule has 368 valence electrons. The molecule has 3 N–H and O–H groups in total. The minimum atomic E-state index is -0.467. The second-order valence-electron chi connectivity index (χ2n) is 19.4. The highest BCUT2D eigenvalue weighted by atomic mass is 35.5. The van der Waals surface area contributed by atoms with Crippen LogP contribution in [0.1, 0.15) is 89.2 Å². The summed E-state index contributed by atoms with van der Waals surface area (Å²) in [6.07, 6.45) is 22.0. The first-order valence-electron chi connectivity index (χ1n) is 25.3. The van der Waals surface area contributed by atoms with E-state index in [9.17, 15) is 18.8 Å². The number of fused-ring (bicyclic) bond motifs is 3. The van der Waals surface area contributed by atoms with Gasteiger partial charge in [-0.05, 0) is 106 Å². The van der Waals surface area contributed by atoms with Crippen molar-refractivity contribution >= 4 is 52.4 Å². The van der Waals surface area contributed by atoms with E-state index in [0.29, 0.717) is 42.1 Å². The molecule has 4 fully saturated rings. The van der Waals surface area contributed by atoms with E-state index < -0.39 is 11.9 Å². The van der Waals surface area contributed by atoms with Crippen LogP contribution in [0, 0.1) is 11.7 Å². The molecule has 0 spiro atoms. The van der Waals surface area contributed by atoms with Crippen LogP contribution in [0.3, 0.4) is 0 Å². The molecule has 2 amide bonds. The summed E-state index contributed by atoms with van der Waals surface area (Å²) in [6, 6.07) is 13.5. The summed E-state index contributed by atoms with van der Waals surface area (Å²) < 4.78 is 16.2. The number of piperazine rings is 1. The second kappa shape index (κ2) is 24.0. The zero-order valence-corrected chi connectivity index (χ0v) is 41.2. The van der Waals surface area contributed by atoms with Crippen LogP contribution in [0.5, 0.6) is 0 Å². The van der Waals surface area contributed by atoms with Crippen molar-refractivity contribution in [2.75, 3.05) is 71.3 Å². The third-order valence-electron chi connectivity index (χ3n) is 14.4. The Bertz CT molecular complexity index is 2460.